The maximum absolute atomic E-state index is 10.4. The van der Waals surface area contributed by atoms with Crippen molar-refractivity contribution in [1.29, 1.82) is 0 Å². The molecule has 0 bridgehead atoms. The number of likely N-dealkylation sites (N-methyl/N-ethyl adjacent to an activating group) is 1. The number of aliphatic hydroxyl groups is 1. The third-order valence-electron chi connectivity index (χ3n) is 5.04. The van der Waals surface area contributed by atoms with E-state index in [4.69, 9.17) is 4.98 Å². The molecular weight excluding hydrogens is 282 g/mol. The molecule has 21 heavy (non-hydrogen) atoms. The second-order valence-corrected chi connectivity index (χ2v) is 8.65. The van der Waals surface area contributed by atoms with Gasteiger partial charge in [-0.15, -0.1) is 0 Å². The van der Waals surface area contributed by atoms with Crippen LogP contribution in [0.3, 0.4) is 0 Å². The summed E-state index contributed by atoms with van der Waals surface area (Å²) < 4.78 is 0. The van der Waals surface area contributed by atoms with Crippen LogP contribution >= 0.6 is 11.3 Å². The third-order valence-corrected chi connectivity index (χ3v) is 6.30. The van der Waals surface area contributed by atoms with Crippen molar-refractivity contribution in [1.82, 2.24) is 9.88 Å². The van der Waals surface area contributed by atoms with Crippen LogP contribution in [0.1, 0.15) is 50.8 Å². The molecule has 1 saturated heterocycles. The minimum Gasteiger partial charge on any atom is -0.387 e. The van der Waals surface area contributed by atoms with Crippen LogP contribution in [0, 0.1) is 5.41 Å². The van der Waals surface area contributed by atoms with Crippen LogP contribution in [-0.4, -0.2) is 47.2 Å². The smallest absolute Gasteiger partial charge is 0.185 e. The normalized spacial score (nSPS) is 33.0. The first kappa shape index (κ1) is 15.3. The summed E-state index contributed by atoms with van der Waals surface area (Å²) in [5, 5.41) is 11.5. The van der Waals surface area contributed by atoms with Crippen molar-refractivity contribution in [3.8, 4) is 0 Å². The van der Waals surface area contributed by atoms with Gasteiger partial charge in [0.05, 0.1) is 16.7 Å². The number of aliphatic hydroxyl groups excluding tert-OH is 1. The summed E-state index contributed by atoms with van der Waals surface area (Å²) in [6.45, 7) is 11.0. The molecule has 1 fully saturated rings. The van der Waals surface area contributed by atoms with E-state index in [1.165, 1.54) is 0 Å². The highest BCUT2D eigenvalue weighted by molar-refractivity contribution is 7.15. The molecule has 1 aliphatic carbocycles. The maximum Gasteiger partial charge on any atom is 0.185 e. The van der Waals surface area contributed by atoms with Gasteiger partial charge in [0.2, 0.25) is 0 Å². The summed E-state index contributed by atoms with van der Waals surface area (Å²) >= 11 is 1.70. The van der Waals surface area contributed by atoms with Crippen molar-refractivity contribution in [3.63, 3.8) is 0 Å². The van der Waals surface area contributed by atoms with Crippen molar-refractivity contribution in [2.75, 3.05) is 25.0 Å². The van der Waals surface area contributed by atoms with Crippen LogP contribution in [0.15, 0.2) is 0 Å². The molecule has 0 radical (unpaired) electrons. The fraction of sp³-hybridized carbons (Fsp3) is 0.812. The maximum atomic E-state index is 10.4. The molecule has 4 nitrogen and oxygen atoms in total. The van der Waals surface area contributed by atoms with E-state index in [0.29, 0.717) is 12.1 Å². The number of anilines is 1. The fourth-order valence-corrected chi connectivity index (χ4v) is 4.66. The van der Waals surface area contributed by atoms with Crippen molar-refractivity contribution >= 4 is 16.5 Å². The summed E-state index contributed by atoms with van der Waals surface area (Å²) in [6, 6.07) is 1.08. The lowest BCUT2D eigenvalue weighted by Crippen LogP contribution is -2.55. The number of aromatic nitrogens is 1. The van der Waals surface area contributed by atoms with E-state index in [1.807, 2.05) is 0 Å². The van der Waals surface area contributed by atoms with Gasteiger partial charge < -0.3 is 10.0 Å². The van der Waals surface area contributed by atoms with Crippen LogP contribution in [0.5, 0.6) is 0 Å². The third kappa shape index (κ3) is 2.83. The van der Waals surface area contributed by atoms with Crippen LogP contribution in [-0.2, 0) is 6.42 Å². The average molecular weight is 309 g/mol. The van der Waals surface area contributed by atoms with Crippen LogP contribution in [0.4, 0.5) is 5.13 Å². The number of fused-ring (bicyclic) bond motifs is 1. The Hall–Kier alpha value is -0.650. The zero-order valence-electron chi connectivity index (χ0n) is 13.8. The first-order valence-corrected chi connectivity index (χ1v) is 8.73. The van der Waals surface area contributed by atoms with Crippen LogP contribution < -0.4 is 4.90 Å². The number of nitrogens with zero attached hydrogens (tertiary/aromatic N) is 3. The summed E-state index contributed by atoms with van der Waals surface area (Å²) in [5.41, 5.74) is 1.28. The lowest BCUT2D eigenvalue weighted by atomic mass is 9.77. The number of piperazine rings is 1. The molecule has 3 rings (SSSR count). The molecule has 1 aliphatic heterocycles. The number of thiazole rings is 1. The first-order valence-electron chi connectivity index (χ1n) is 7.91. The Kier molecular flexibility index (Phi) is 3.79. The fourth-order valence-electron chi connectivity index (χ4n) is 3.58. The molecule has 3 atom stereocenters. The molecular formula is C16H27N3OS. The van der Waals surface area contributed by atoms with Gasteiger partial charge in [0.1, 0.15) is 0 Å². The Morgan fingerprint density at radius 1 is 1.24 bits per heavy atom. The monoisotopic (exact) mass is 309 g/mol. The van der Waals surface area contributed by atoms with E-state index in [1.54, 1.807) is 11.3 Å². The number of hydrogen-bond acceptors (Lipinski definition) is 5. The highest BCUT2D eigenvalue weighted by atomic mass is 32.1. The van der Waals surface area contributed by atoms with E-state index < -0.39 is 0 Å². The molecule has 0 aromatic carbocycles. The minimum absolute atomic E-state index is 0.153. The number of rotatable bonds is 1. The minimum atomic E-state index is -0.336. The van der Waals surface area contributed by atoms with E-state index in [2.05, 4.69) is 44.5 Å². The van der Waals surface area contributed by atoms with Gasteiger partial charge in [-0.2, -0.15) is 0 Å². The van der Waals surface area contributed by atoms with Gasteiger partial charge in [0.25, 0.3) is 0 Å². The predicted molar refractivity (Wildman–Crippen MR) is 88.1 cm³/mol. The van der Waals surface area contributed by atoms with Crippen LogP contribution in [0.2, 0.25) is 0 Å². The lowest BCUT2D eigenvalue weighted by molar-refractivity contribution is 0.102. The molecule has 0 saturated carbocycles. The highest BCUT2D eigenvalue weighted by Gasteiger charge is 2.36. The predicted octanol–water partition coefficient (Wildman–Crippen LogP) is 2.68. The molecule has 5 heteroatoms. The van der Waals surface area contributed by atoms with E-state index in [-0.39, 0.29) is 11.5 Å². The quantitative estimate of drug-likeness (QED) is 0.866. The average Bonchev–Trinajstić information content (AvgIpc) is 2.77. The summed E-state index contributed by atoms with van der Waals surface area (Å²) in [7, 11) is 2.20. The summed E-state index contributed by atoms with van der Waals surface area (Å²) in [5.74, 6) is 0. The molecule has 1 aromatic rings. The van der Waals surface area contributed by atoms with Gasteiger partial charge in [0, 0.05) is 25.2 Å². The van der Waals surface area contributed by atoms with Gasteiger partial charge in [-0.1, -0.05) is 25.2 Å². The van der Waals surface area contributed by atoms with E-state index in [0.717, 1.165) is 41.6 Å². The summed E-state index contributed by atoms with van der Waals surface area (Å²) in [6.07, 6.45) is 1.49. The molecule has 118 valence electrons. The molecule has 0 amide bonds. The van der Waals surface area contributed by atoms with Gasteiger partial charge in [-0.3, -0.25) is 4.90 Å². The largest absolute Gasteiger partial charge is 0.387 e. The summed E-state index contributed by atoms with van der Waals surface area (Å²) in [4.78, 5) is 10.8. The van der Waals surface area contributed by atoms with E-state index in [9.17, 15) is 5.11 Å². The molecule has 1 aromatic heterocycles. The number of hydrogen-bond donors (Lipinski definition) is 1. The lowest BCUT2D eigenvalue weighted by Gasteiger charge is -2.42. The topological polar surface area (TPSA) is 39.6 Å². The van der Waals surface area contributed by atoms with Crippen molar-refractivity contribution in [2.45, 2.75) is 58.7 Å². The van der Waals surface area contributed by atoms with Crippen molar-refractivity contribution in [3.05, 3.63) is 10.6 Å². The molecule has 0 spiro atoms. The molecule has 3 unspecified atom stereocenters. The Morgan fingerprint density at radius 2 is 1.86 bits per heavy atom. The Labute approximate surface area is 131 Å². The second kappa shape index (κ2) is 5.21. The van der Waals surface area contributed by atoms with Gasteiger partial charge in [-0.25, -0.2) is 4.98 Å². The molecule has 2 aliphatic rings. The zero-order valence-corrected chi connectivity index (χ0v) is 14.6. The SMILES string of the molecule is CC1CN(c2nc3c(s2)C(O)CC(C)(C)C3)CC(C)N1C. The zero-order chi connectivity index (χ0) is 15.4. The standard InChI is InChI=1S/C16H27N3OS/c1-10-8-19(9-11(2)18(10)5)15-17-12-6-16(3,4)7-13(20)14(12)21-15/h10-11,13,20H,6-9H2,1-5H3. The Balaban J connectivity index is 1.85. The van der Waals surface area contributed by atoms with Crippen molar-refractivity contribution < 1.29 is 5.11 Å². The molecule has 1 N–H and O–H groups in total. The molecule has 2 heterocycles. The second-order valence-electron chi connectivity index (χ2n) is 7.64. The first-order chi connectivity index (χ1) is 9.77. The Bertz CT molecular complexity index is 516. The van der Waals surface area contributed by atoms with Gasteiger partial charge in [0.15, 0.2) is 5.13 Å². The Morgan fingerprint density at radius 3 is 2.48 bits per heavy atom. The van der Waals surface area contributed by atoms with Gasteiger partial charge >= 0.3 is 0 Å². The van der Waals surface area contributed by atoms with Gasteiger partial charge in [-0.05, 0) is 39.2 Å². The highest BCUT2D eigenvalue weighted by Crippen LogP contribution is 2.44. The van der Waals surface area contributed by atoms with E-state index >= 15 is 0 Å². The van der Waals surface area contributed by atoms with Crippen molar-refractivity contribution in [2.24, 2.45) is 5.41 Å². The van der Waals surface area contributed by atoms with Crippen LogP contribution in [0.25, 0.3) is 0 Å².